The maximum absolute atomic E-state index is 13.2. The molecule has 6 nitrogen and oxygen atoms in total. The third-order valence-corrected chi connectivity index (χ3v) is 6.13. The van der Waals surface area contributed by atoms with Crippen molar-refractivity contribution in [1.29, 1.82) is 0 Å². The third kappa shape index (κ3) is 4.68. The summed E-state index contributed by atoms with van der Waals surface area (Å²) in [5.41, 5.74) is 4.51. The molecule has 0 N–H and O–H groups in total. The Morgan fingerprint density at radius 2 is 2.00 bits per heavy atom. The van der Waals surface area contributed by atoms with E-state index in [1.807, 2.05) is 24.3 Å². The molecule has 0 aliphatic carbocycles. The lowest BCUT2D eigenvalue weighted by molar-refractivity contribution is -0.126. The summed E-state index contributed by atoms with van der Waals surface area (Å²) in [6.45, 7) is 4.52. The molecular formula is C23H22N4O2S. The van der Waals surface area contributed by atoms with Gasteiger partial charge in [0.1, 0.15) is 5.76 Å². The molecule has 0 saturated carbocycles. The first-order valence-electron chi connectivity index (χ1n) is 9.68. The van der Waals surface area contributed by atoms with E-state index in [1.54, 1.807) is 29.8 Å². The van der Waals surface area contributed by atoms with E-state index >= 15 is 0 Å². The van der Waals surface area contributed by atoms with Crippen LogP contribution in [-0.2, 0) is 17.8 Å². The lowest BCUT2D eigenvalue weighted by atomic mass is 10.0. The topological polar surface area (TPSA) is 71.1 Å². The van der Waals surface area contributed by atoms with Crippen molar-refractivity contribution in [1.82, 2.24) is 9.88 Å². The van der Waals surface area contributed by atoms with E-state index < -0.39 is 0 Å². The summed E-state index contributed by atoms with van der Waals surface area (Å²) in [6.07, 6.45) is 7.30. The summed E-state index contributed by atoms with van der Waals surface area (Å²) in [5.74, 6) is 0.731. The summed E-state index contributed by atoms with van der Waals surface area (Å²) in [5, 5.41) is 8.88. The smallest absolute Gasteiger partial charge is 0.242 e. The number of furan rings is 1. The zero-order valence-corrected chi connectivity index (χ0v) is 17.7. The number of benzene rings is 1. The highest BCUT2D eigenvalue weighted by atomic mass is 32.2. The van der Waals surface area contributed by atoms with Gasteiger partial charge in [0.25, 0.3) is 0 Å². The number of nitrogens with zero attached hydrogens (tertiary/aromatic N) is 4. The maximum Gasteiger partial charge on any atom is 0.242 e. The van der Waals surface area contributed by atoms with Gasteiger partial charge in [-0.3, -0.25) is 14.7 Å². The molecule has 30 heavy (non-hydrogen) atoms. The summed E-state index contributed by atoms with van der Waals surface area (Å²) >= 11 is 1.45. The van der Waals surface area contributed by atoms with Gasteiger partial charge in [-0.2, -0.15) is 5.10 Å². The van der Waals surface area contributed by atoms with Crippen LogP contribution in [0.2, 0.25) is 0 Å². The summed E-state index contributed by atoms with van der Waals surface area (Å²) in [4.78, 5) is 18.8. The van der Waals surface area contributed by atoms with E-state index in [0.29, 0.717) is 23.9 Å². The molecule has 3 aromatic rings. The molecule has 1 aromatic carbocycles. The third-order valence-electron chi connectivity index (χ3n) is 4.96. The van der Waals surface area contributed by atoms with Crippen LogP contribution in [0.5, 0.6) is 0 Å². The fraction of sp³-hybridized carbons (Fsp3) is 0.217. The normalized spacial score (nSPS) is 18.1. The molecule has 0 radical (unpaired) electrons. The molecule has 1 atom stereocenters. The van der Waals surface area contributed by atoms with E-state index in [1.165, 1.54) is 22.9 Å². The minimum Gasteiger partial charge on any atom is -0.467 e. The first kappa shape index (κ1) is 20.1. The Hall–Kier alpha value is -3.19. The summed E-state index contributed by atoms with van der Waals surface area (Å²) in [7, 11) is 0. The Balaban J connectivity index is 1.56. The number of aryl methyl sites for hydroxylation is 2. The van der Waals surface area contributed by atoms with Gasteiger partial charge in [0.15, 0.2) is 5.17 Å². The average Bonchev–Trinajstić information content (AvgIpc) is 3.36. The molecular weight excluding hydrogens is 396 g/mol. The van der Waals surface area contributed by atoms with E-state index in [2.05, 4.69) is 47.2 Å². The van der Waals surface area contributed by atoms with E-state index in [0.717, 1.165) is 11.1 Å². The van der Waals surface area contributed by atoms with Crippen LogP contribution < -0.4 is 0 Å². The number of rotatable bonds is 6. The highest BCUT2D eigenvalue weighted by Crippen LogP contribution is 2.31. The van der Waals surface area contributed by atoms with Crippen molar-refractivity contribution in [3.8, 4) is 0 Å². The molecule has 0 spiro atoms. The summed E-state index contributed by atoms with van der Waals surface area (Å²) < 4.78 is 5.44. The van der Waals surface area contributed by atoms with Crippen molar-refractivity contribution in [2.45, 2.75) is 32.1 Å². The molecule has 1 aliphatic rings. The SMILES string of the molecule is Cc1ccc(CC2S/C(=N/N=C/c3ccncc3)N(Cc3ccco3)C2=O)cc1C. The van der Waals surface area contributed by atoms with Crippen LogP contribution in [0, 0.1) is 13.8 Å². The fourth-order valence-corrected chi connectivity index (χ4v) is 4.29. The molecule has 4 rings (SSSR count). The van der Waals surface area contributed by atoms with E-state index in [-0.39, 0.29) is 11.2 Å². The van der Waals surface area contributed by atoms with Crippen LogP contribution in [0.25, 0.3) is 0 Å². The fourth-order valence-electron chi connectivity index (χ4n) is 3.16. The number of thioether (sulfide) groups is 1. The van der Waals surface area contributed by atoms with Crippen LogP contribution >= 0.6 is 11.8 Å². The average molecular weight is 419 g/mol. The monoisotopic (exact) mass is 418 g/mol. The van der Waals surface area contributed by atoms with Crippen LogP contribution in [-0.4, -0.2) is 32.4 Å². The van der Waals surface area contributed by atoms with Crippen molar-refractivity contribution in [2.75, 3.05) is 0 Å². The number of hydrogen-bond acceptors (Lipinski definition) is 6. The summed E-state index contributed by atoms with van der Waals surface area (Å²) in [6, 6.07) is 13.7. The van der Waals surface area contributed by atoms with E-state index in [9.17, 15) is 4.79 Å². The van der Waals surface area contributed by atoms with Crippen LogP contribution in [0.15, 0.2) is 75.7 Å². The second-order valence-corrected chi connectivity index (χ2v) is 8.31. The number of hydrogen-bond donors (Lipinski definition) is 0. The highest BCUT2D eigenvalue weighted by molar-refractivity contribution is 8.15. The molecule has 1 saturated heterocycles. The van der Waals surface area contributed by atoms with Gasteiger partial charge in [-0.1, -0.05) is 30.0 Å². The number of amides is 1. The number of amidine groups is 1. The predicted molar refractivity (Wildman–Crippen MR) is 120 cm³/mol. The van der Waals surface area contributed by atoms with Crippen molar-refractivity contribution in [3.63, 3.8) is 0 Å². The van der Waals surface area contributed by atoms with Gasteiger partial charge in [-0.25, -0.2) is 0 Å². The Labute approximate surface area is 179 Å². The molecule has 1 aliphatic heterocycles. The zero-order valence-electron chi connectivity index (χ0n) is 16.9. The van der Waals surface area contributed by atoms with Crippen LogP contribution in [0.3, 0.4) is 0 Å². The van der Waals surface area contributed by atoms with Gasteiger partial charge in [0, 0.05) is 12.4 Å². The predicted octanol–water partition coefficient (Wildman–Crippen LogP) is 4.37. The zero-order chi connectivity index (χ0) is 20.9. The van der Waals surface area contributed by atoms with Gasteiger partial charge in [0.05, 0.1) is 24.3 Å². The van der Waals surface area contributed by atoms with Crippen molar-refractivity contribution in [3.05, 3.63) is 89.1 Å². The molecule has 2 aromatic heterocycles. The lowest BCUT2D eigenvalue weighted by Crippen LogP contribution is -2.32. The molecule has 152 valence electrons. The highest BCUT2D eigenvalue weighted by Gasteiger charge is 2.38. The van der Waals surface area contributed by atoms with Crippen molar-refractivity contribution >= 4 is 29.1 Å². The lowest BCUT2D eigenvalue weighted by Gasteiger charge is -2.14. The number of carbonyl (C=O) groups is 1. The molecule has 7 heteroatoms. The molecule has 0 bridgehead atoms. The van der Waals surface area contributed by atoms with Crippen LogP contribution in [0.4, 0.5) is 0 Å². The first-order valence-corrected chi connectivity index (χ1v) is 10.6. The molecule has 3 heterocycles. The Morgan fingerprint density at radius 1 is 1.17 bits per heavy atom. The Morgan fingerprint density at radius 3 is 2.73 bits per heavy atom. The van der Waals surface area contributed by atoms with E-state index in [4.69, 9.17) is 4.42 Å². The van der Waals surface area contributed by atoms with Crippen LogP contribution in [0.1, 0.15) is 28.0 Å². The van der Waals surface area contributed by atoms with Gasteiger partial charge in [-0.05, 0) is 66.8 Å². The minimum atomic E-state index is -0.239. The van der Waals surface area contributed by atoms with Gasteiger partial charge in [-0.15, -0.1) is 5.10 Å². The van der Waals surface area contributed by atoms with Gasteiger partial charge in [0.2, 0.25) is 5.91 Å². The van der Waals surface area contributed by atoms with Crippen molar-refractivity contribution in [2.24, 2.45) is 10.2 Å². The second-order valence-electron chi connectivity index (χ2n) is 7.14. The number of pyridine rings is 1. The quantitative estimate of drug-likeness (QED) is 0.440. The Bertz CT molecular complexity index is 1080. The minimum absolute atomic E-state index is 0.0208. The molecule has 1 amide bonds. The molecule has 1 fully saturated rings. The second kappa shape index (κ2) is 9.09. The molecule has 1 unspecified atom stereocenters. The standard InChI is InChI=1S/C23H22N4O2S/c1-16-5-6-19(12-17(16)2)13-21-22(28)27(15-20-4-3-11-29-20)23(30-21)26-25-14-18-7-9-24-10-8-18/h3-12,14,21H,13,15H2,1-2H3/b25-14+,26-23+. The maximum atomic E-state index is 13.2. The van der Waals surface area contributed by atoms with Crippen molar-refractivity contribution < 1.29 is 9.21 Å². The largest absolute Gasteiger partial charge is 0.467 e. The van der Waals surface area contributed by atoms with Gasteiger partial charge < -0.3 is 4.42 Å². The number of aromatic nitrogens is 1. The number of carbonyl (C=O) groups excluding carboxylic acids is 1. The Kier molecular flexibility index (Phi) is 6.09. The first-order chi connectivity index (χ1) is 14.6. The van der Waals surface area contributed by atoms with Gasteiger partial charge >= 0.3 is 0 Å².